The number of pyridine rings is 1. The number of amides is 1. The predicted octanol–water partition coefficient (Wildman–Crippen LogP) is 3.49. The summed E-state index contributed by atoms with van der Waals surface area (Å²) in [5.41, 5.74) is 1.21. The van der Waals surface area contributed by atoms with Crippen molar-refractivity contribution in [2.75, 3.05) is 5.32 Å². The summed E-state index contributed by atoms with van der Waals surface area (Å²) in [5, 5.41) is 5.02. The van der Waals surface area contributed by atoms with E-state index < -0.39 is 0 Å². The first kappa shape index (κ1) is 11.4. The van der Waals surface area contributed by atoms with Gasteiger partial charge in [0.1, 0.15) is 5.69 Å². The van der Waals surface area contributed by atoms with Crippen molar-refractivity contribution in [3.05, 3.63) is 72.6 Å². The second-order valence-electron chi connectivity index (χ2n) is 4.20. The van der Waals surface area contributed by atoms with E-state index in [1.165, 1.54) is 0 Å². The number of nitrogens with zero attached hydrogens (tertiary/aromatic N) is 1. The molecule has 0 unspecified atom stereocenters. The van der Waals surface area contributed by atoms with E-state index in [0.717, 1.165) is 16.5 Å². The van der Waals surface area contributed by atoms with Crippen molar-refractivity contribution >= 4 is 22.4 Å². The summed E-state index contributed by atoms with van der Waals surface area (Å²) < 4.78 is 0. The van der Waals surface area contributed by atoms with Crippen molar-refractivity contribution in [1.82, 2.24) is 4.98 Å². The van der Waals surface area contributed by atoms with Crippen molar-refractivity contribution in [3.8, 4) is 0 Å². The minimum atomic E-state index is -0.197. The van der Waals surface area contributed by atoms with Crippen LogP contribution in [0, 0.1) is 0 Å². The molecule has 0 aliphatic heterocycles. The monoisotopic (exact) mass is 248 g/mol. The fraction of sp³-hybridized carbons (Fsp3) is 0. The average molecular weight is 248 g/mol. The van der Waals surface area contributed by atoms with E-state index in [1.54, 1.807) is 24.4 Å². The Bertz CT molecular complexity index is 718. The lowest BCUT2D eigenvalue weighted by molar-refractivity contribution is 0.102. The third kappa shape index (κ3) is 2.31. The molecule has 0 aliphatic rings. The van der Waals surface area contributed by atoms with Gasteiger partial charge in [-0.2, -0.15) is 0 Å². The van der Waals surface area contributed by atoms with Crippen LogP contribution in [-0.4, -0.2) is 10.9 Å². The Hall–Kier alpha value is -2.68. The molecule has 1 heterocycles. The van der Waals surface area contributed by atoms with E-state index in [-0.39, 0.29) is 5.91 Å². The molecule has 0 fully saturated rings. The molecular formula is C16H12N2O. The maximum Gasteiger partial charge on any atom is 0.274 e. The van der Waals surface area contributed by atoms with E-state index in [2.05, 4.69) is 10.3 Å². The standard InChI is InChI=1S/C16H12N2O/c19-16(15-9-3-4-11-17-15)18-14-10-5-7-12-6-1-2-8-13(12)14/h1-11H,(H,18,19). The fourth-order valence-electron chi connectivity index (χ4n) is 2.02. The van der Waals surface area contributed by atoms with Crippen LogP contribution in [0.4, 0.5) is 5.69 Å². The van der Waals surface area contributed by atoms with Crippen LogP contribution in [0.5, 0.6) is 0 Å². The average Bonchev–Trinajstić information content (AvgIpc) is 2.48. The van der Waals surface area contributed by atoms with E-state index in [0.29, 0.717) is 5.69 Å². The zero-order chi connectivity index (χ0) is 13.1. The van der Waals surface area contributed by atoms with Crippen molar-refractivity contribution in [2.45, 2.75) is 0 Å². The van der Waals surface area contributed by atoms with Gasteiger partial charge in [-0.15, -0.1) is 0 Å². The van der Waals surface area contributed by atoms with Crippen LogP contribution in [0.15, 0.2) is 66.9 Å². The van der Waals surface area contributed by atoms with Gasteiger partial charge in [0.15, 0.2) is 0 Å². The number of rotatable bonds is 2. The maximum atomic E-state index is 12.1. The van der Waals surface area contributed by atoms with Crippen LogP contribution < -0.4 is 5.32 Å². The molecule has 1 amide bonds. The number of hydrogen-bond donors (Lipinski definition) is 1. The molecule has 1 N–H and O–H groups in total. The summed E-state index contributed by atoms with van der Waals surface area (Å²) in [4.78, 5) is 16.1. The normalized spacial score (nSPS) is 10.3. The van der Waals surface area contributed by atoms with Crippen LogP contribution in [0.1, 0.15) is 10.5 Å². The van der Waals surface area contributed by atoms with E-state index in [1.807, 2.05) is 42.5 Å². The number of fused-ring (bicyclic) bond motifs is 1. The highest BCUT2D eigenvalue weighted by Crippen LogP contribution is 2.23. The van der Waals surface area contributed by atoms with Gasteiger partial charge in [0, 0.05) is 17.3 Å². The molecular weight excluding hydrogens is 236 g/mol. The summed E-state index contributed by atoms with van der Waals surface area (Å²) in [5.74, 6) is -0.197. The first-order valence-corrected chi connectivity index (χ1v) is 6.05. The summed E-state index contributed by atoms with van der Waals surface area (Å²) in [6, 6.07) is 19.1. The summed E-state index contributed by atoms with van der Waals surface area (Å²) in [7, 11) is 0. The van der Waals surface area contributed by atoms with E-state index >= 15 is 0 Å². The number of aromatic nitrogens is 1. The second-order valence-corrected chi connectivity index (χ2v) is 4.20. The fourth-order valence-corrected chi connectivity index (χ4v) is 2.02. The molecule has 0 saturated heterocycles. The molecule has 92 valence electrons. The second kappa shape index (κ2) is 4.90. The van der Waals surface area contributed by atoms with Crippen molar-refractivity contribution in [3.63, 3.8) is 0 Å². The van der Waals surface area contributed by atoms with Crippen LogP contribution in [0.3, 0.4) is 0 Å². The Morgan fingerprint density at radius 1 is 0.895 bits per heavy atom. The molecule has 3 rings (SSSR count). The molecule has 0 aliphatic carbocycles. The molecule has 3 aromatic rings. The zero-order valence-electron chi connectivity index (χ0n) is 10.2. The molecule has 0 atom stereocenters. The van der Waals surface area contributed by atoms with Gasteiger partial charge in [-0.25, -0.2) is 0 Å². The summed E-state index contributed by atoms with van der Waals surface area (Å²) >= 11 is 0. The zero-order valence-corrected chi connectivity index (χ0v) is 10.2. The summed E-state index contributed by atoms with van der Waals surface area (Å²) in [6.45, 7) is 0. The largest absolute Gasteiger partial charge is 0.320 e. The predicted molar refractivity (Wildman–Crippen MR) is 76.1 cm³/mol. The Morgan fingerprint density at radius 2 is 1.68 bits per heavy atom. The number of anilines is 1. The highest BCUT2D eigenvalue weighted by molar-refractivity contribution is 6.08. The molecule has 1 aromatic heterocycles. The van der Waals surface area contributed by atoms with Crippen molar-refractivity contribution < 1.29 is 4.79 Å². The van der Waals surface area contributed by atoms with E-state index in [9.17, 15) is 4.79 Å². The number of nitrogens with one attached hydrogen (secondary N) is 1. The first-order chi connectivity index (χ1) is 9.34. The van der Waals surface area contributed by atoms with Gasteiger partial charge in [0.2, 0.25) is 0 Å². The first-order valence-electron chi connectivity index (χ1n) is 6.05. The van der Waals surface area contributed by atoms with Gasteiger partial charge < -0.3 is 5.32 Å². The molecule has 2 aromatic carbocycles. The van der Waals surface area contributed by atoms with Crippen LogP contribution >= 0.6 is 0 Å². The van der Waals surface area contributed by atoms with Gasteiger partial charge in [-0.3, -0.25) is 9.78 Å². The SMILES string of the molecule is O=C(Nc1cccc2ccccc12)c1ccccn1. The molecule has 0 bridgehead atoms. The molecule has 3 nitrogen and oxygen atoms in total. The van der Waals surface area contributed by atoms with Crippen LogP contribution in [0.2, 0.25) is 0 Å². The molecule has 0 radical (unpaired) electrons. The van der Waals surface area contributed by atoms with Crippen LogP contribution in [-0.2, 0) is 0 Å². The van der Waals surface area contributed by atoms with E-state index in [4.69, 9.17) is 0 Å². The lowest BCUT2D eigenvalue weighted by Crippen LogP contribution is -2.13. The van der Waals surface area contributed by atoms with Gasteiger partial charge in [-0.1, -0.05) is 42.5 Å². The Labute approximate surface area is 110 Å². The minimum Gasteiger partial charge on any atom is -0.320 e. The molecule has 3 heteroatoms. The molecule has 19 heavy (non-hydrogen) atoms. The maximum absolute atomic E-state index is 12.1. The van der Waals surface area contributed by atoms with Gasteiger partial charge in [0.25, 0.3) is 5.91 Å². The van der Waals surface area contributed by atoms with Gasteiger partial charge in [-0.05, 0) is 23.6 Å². The Morgan fingerprint density at radius 3 is 2.53 bits per heavy atom. The topological polar surface area (TPSA) is 42.0 Å². The Balaban J connectivity index is 1.96. The number of carbonyl (C=O) groups is 1. The highest BCUT2D eigenvalue weighted by atomic mass is 16.1. The Kier molecular flexibility index (Phi) is 2.94. The highest BCUT2D eigenvalue weighted by Gasteiger charge is 2.08. The quantitative estimate of drug-likeness (QED) is 0.754. The van der Waals surface area contributed by atoms with Crippen molar-refractivity contribution in [1.29, 1.82) is 0 Å². The van der Waals surface area contributed by atoms with Crippen molar-refractivity contribution in [2.24, 2.45) is 0 Å². The lowest BCUT2D eigenvalue weighted by Gasteiger charge is -2.08. The minimum absolute atomic E-state index is 0.197. The third-order valence-corrected chi connectivity index (χ3v) is 2.94. The lowest BCUT2D eigenvalue weighted by atomic mass is 10.1. The number of carbonyl (C=O) groups excluding carboxylic acids is 1. The van der Waals surface area contributed by atoms with Crippen LogP contribution in [0.25, 0.3) is 10.8 Å². The molecule has 0 saturated carbocycles. The summed E-state index contributed by atoms with van der Waals surface area (Å²) in [6.07, 6.45) is 1.61. The third-order valence-electron chi connectivity index (χ3n) is 2.94. The van der Waals surface area contributed by atoms with Gasteiger partial charge >= 0.3 is 0 Å². The number of benzene rings is 2. The van der Waals surface area contributed by atoms with Gasteiger partial charge in [0.05, 0.1) is 0 Å². The molecule has 0 spiro atoms. The smallest absolute Gasteiger partial charge is 0.274 e. The number of hydrogen-bond acceptors (Lipinski definition) is 2.